The summed E-state index contributed by atoms with van der Waals surface area (Å²) in [7, 11) is 1.30. The van der Waals surface area contributed by atoms with Crippen LogP contribution in [0.15, 0.2) is 10.5 Å². The van der Waals surface area contributed by atoms with Gasteiger partial charge in [0.1, 0.15) is 17.1 Å². The molecule has 8 nitrogen and oxygen atoms in total. The maximum absolute atomic E-state index is 11.9. The van der Waals surface area contributed by atoms with Gasteiger partial charge in [0.25, 0.3) is 0 Å². The zero-order chi connectivity index (χ0) is 17.7. The first-order chi connectivity index (χ1) is 11.4. The van der Waals surface area contributed by atoms with Gasteiger partial charge in [-0.05, 0) is 26.3 Å². The number of hydrogen-bond donors (Lipinski definition) is 2. The van der Waals surface area contributed by atoms with E-state index in [-0.39, 0.29) is 24.5 Å². The Labute approximate surface area is 140 Å². The second-order valence-corrected chi connectivity index (χ2v) is 5.85. The number of carbonyl (C=O) groups is 3. The zero-order valence-corrected chi connectivity index (χ0v) is 14.2. The van der Waals surface area contributed by atoms with Gasteiger partial charge in [-0.1, -0.05) is 0 Å². The van der Waals surface area contributed by atoms with Crippen LogP contribution in [0.2, 0.25) is 0 Å². The lowest BCUT2D eigenvalue weighted by molar-refractivity contribution is -0.127. The summed E-state index contributed by atoms with van der Waals surface area (Å²) in [6.07, 6.45) is 1.46. The van der Waals surface area contributed by atoms with Crippen LogP contribution in [-0.2, 0) is 16.1 Å². The number of nitrogens with zero attached hydrogens (tertiary/aromatic N) is 1. The highest BCUT2D eigenvalue weighted by Gasteiger charge is 2.22. The molecule has 1 fully saturated rings. The molecule has 2 heterocycles. The number of carbonyl (C=O) groups excluding carboxylic acids is 3. The number of aryl methyl sites for hydroxylation is 1. The molecule has 0 bridgehead atoms. The Morgan fingerprint density at radius 1 is 1.46 bits per heavy atom. The molecular formula is C16H23N3O5. The average molecular weight is 337 g/mol. The first kappa shape index (κ1) is 17.8. The molecule has 3 amide bonds. The van der Waals surface area contributed by atoms with Crippen molar-refractivity contribution in [2.45, 2.75) is 39.3 Å². The number of hydrogen-bond acceptors (Lipinski definition) is 5. The standard InChI is InChI=1S/C16H23N3O5/c1-10(9-19-6-4-5-14(19)20)18-16(22)17-8-12-7-13(11(2)24-12)15(21)23-3/h7,10H,4-6,8-9H2,1-3H3,(H2,17,18,22)/t10-/m1/s1. The number of furan rings is 1. The molecule has 2 rings (SSSR count). The summed E-state index contributed by atoms with van der Waals surface area (Å²) in [6.45, 7) is 4.90. The van der Waals surface area contributed by atoms with Gasteiger partial charge in [-0.15, -0.1) is 0 Å². The summed E-state index contributed by atoms with van der Waals surface area (Å²) in [4.78, 5) is 36.7. The van der Waals surface area contributed by atoms with Crippen molar-refractivity contribution in [3.8, 4) is 0 Å². The van der Waals surface area contributed by atoms with Crippen molar-refractivity contribution in [2.75, 3.05) is 20.2 Å². The Morgan fingerprint density at radius 2 is 2.21 bits per heavy atom. The lowest BCUT2D eigenvalue weighted by Gasteiger charge is -2.21. The molecular weight excluding hydrogens is 314 g/mol. The minimum atomic E-state index is -0.476. The van der Waals surface area contributed by atoms with Crippen LogP contribution in [0.1, 0.15) is 41.6 Å². The van der Waals surface area contributed by atoms with Crippen molar-refractivity contribution < 1.29 is 23.5 Å². The fourth-order valence-electron chi connectivity index (χ4n) is 2.66. The zero-order valence-electron chi connectivity index (χ0n) is 14.2. The van der Waals surface area contributed by atoms with Crippen LogP contribution in [-0.4, -0.2) is 49.0 Å². The topological polar surface area (TPSA) is 101 Å². The van der Waals surface area contributed by atoms with E-state index >= 15 is 0 Å². The maximum Gasteiger partial charge on any atom is 0.341 e. The predicted molar refractivity (Wildman–Crippen MR) is 85.4 cm³/mol. The van der Waals surface area contributed by atoms with Crippen molar-refractivity contribution in [3.63, 3.8) is 0 Å². The fraction of sp³-hybridized carbons (Fsp3) is 0.562. The summed E-state index contributed by atoms with van der Waals surface area (Å²) in [5.74, 6) is 0.562. The molecule has 1 aliphatic rings. The third kappa shape index (κ3) is 4.50. The number of amides is 3. The van der Waals surface area contributed by atoms with Gasteiger partial charge >= 0.3 is 12.0 Å². The van der Waals surface area contributed by atoms with E-state index in [9.17, 15) is 14.4 Å². The van der Waals surface area contributed by atoms with E-state index in [1.165, 1.54) is 7.11 Å². The molecule has 24 heavy (non-hydrogen) atoms. The van der Waals surface area contributed by atoms with Crippen molar-refractivity contribution in [1.82, 2.24) is 15.5 Å². The second kappa shape index (κ2) is 7.85. The first-order valence-corrected chi connectivity index (χ1v) is 7.90. The van der Waals surface area contributed by atoms with E-state index < -0.39 is 5.97 Å². The number of rotatable bonds is 6. The number of nitrogens with one attached hydrogen (secondary N) is 2. The molecule has 1 aliphatic heterocycles. The van der Waals surface area contributed by atoms with Crippen LogP contribution in [0, 0.1) is 6.92 Å². The Morgan fingerprint density at radius 3 is 2.83 bits per heavy atom. The maximum atomic E-state index is 11.9. The summed E-state index contributed by atoms with van der Waals surface area (Å²) in [5, 5.41) is 5.44. The van der Waals surface area contributed by atoms with E-state index in [0.29, 0.717) is 30.0 Å². The predicted octanol–water partition coefficient (Wildman–Crippen LogP) is 1.18. The first-order valence-electron chi connectivity index (χ1n) is 7.90. The van der Waals surface area contributed by atoms with Crippen molar-refractivity contribution in [2.24, 2.45) is 0 Å². The third-order valence-corrected chi connectivity index (χ3v) is 3.84. The molecule has 0 saturated carbocycles. The molecule has 1 aromatic heterocycles. The van der Waals surface area contributed by atoms with Gasteiger partial charge < -0.3 is 24.7 Å². The van der Waals surface area contributed by atoms with E-state index in [1.54, 1.807) is 17.9 Å². The molecule has 0 aromatic carbocycles. The van der Waals surface area contributed by atoms with Gasteiger partial charge in [0.05, 0.1) is 13.7 Å². The molecule has 1 aromatic rings. The summed E-state index contributed by atoms with van der Waals surface area (Å²) in [5.41, 5.74) is 0.343. The minimum absolute atomic E-state index is 0.130. The average Bonchev–Trinajstić information content (AvgIpc) is 3.10. The van der Waals surface area contributed by atoms with Gasteiger partial charge in [0.15, 0.2) is 0 Å². The Hall–Kier alpha value is -2.51. The van der Waals surface area contributed by atoms with Crippen LogP contribution in [0.3, 0.4) is 0 Å². The SMILES string of the molecule is COC(=O)c1cc(CNC(=O)N[C@H](C)CN2CCCC2=O)oc1C. The van der Waals surface area contributed by atoms with Crippen LogP contribution in [0.4, 0.5) is 4.79 Å². The number of esters is 1. The third-order valence-electron chi connectivity index (χ3n) is 3.84. The highest BCUT2D eigenvalue weighted by molar-refractivity contribution is 5.90. The largest absolute Gasteiger partial charge is 0.465 e. The van der Waals surface area contributed by atoms with Gasteiger partial charge in [0, 0.05) is 25.6 Å². The van der Waals surface area contributed by atoms with Crippen molar-refractivity contribution in [3.05, 3.63) is 23.2 Å². The van der Waals surface area contributed by atoms with Crippen LogP contribution in [0.25, 0.3) is 0 Å². The summed E-state index contributed by atoms with van der Waals surface area (Å²) in [6, 6.07) is 1.03. The highest BCUT2D eigenvalue weighted by Crippen LogP contribution is 2.15. The quantitative estimate of drug-likeness (QED) is 0.759. The van der Waals surface area contributed by atoms with E-state index in [2.05, 4.69) is 15.4 Å². The van der Waals surface area contributed by atoms with Crippen molar-refractivity contribution >= 4 is 17.9 Å². The molecule has 1 atom stereocenters. The van der Waals surface area contributed by atoms with Crippen LogP contribution in [0.5, 0.6) is 0 Å². The Balaban J connectivity index is 1.78. The van der Waals surface area contributed by atoms with Gasteiger partial charge in [-0.2, -0.15) is 0 Å². The molecule has 0 aliphatic carbocycles. The highest BCUT2D eigenvalue weighted by atomic mass is 16.5. The second-order valence-electron chi connectivity index (χ2n) is 5.85. The van der Waals surface area contributed by atoms with E-state index in [4.69, 9.17) is 4.42 Å². The minimum Gasteiger partial charge on any atom is -0.465 e. The summed E-state index contributed by atoms with van der Waals surface area (Å²) >= 11 is 0. The fourth-order valence-corrected chi connectivity index (χ4v) is 2.66. The number of ether oxygens (including phenoxy) is 1. The molecule has 1 saturated heterocycles. The van der Waals surface area contributed by atoms with Crippen LogP contribution >= 0.6 is 0 Å². The molecule has 8 heteroatoms. The van der Waals surface area contributed by atoms with Gasteiger partial charge in [-0.25, -0.2) is 9.59 Å². The van der Waals surface area contributed by atoms with E-state index in [1.807, 2.05) is 6.92 Å². The monoisotopic (exact) mass is 337 g/mol. The molecule has 132 valence electrons. The molecule has 0 unspecified atom stereocenters. The molecule has 0 radical (unpaired) electrons. The van der Waals surface area contributed by atoms with Gasteiger partial charge in [-0.3, -0.25) is 4.79 Å². The Bertz CT molecular complexity index is 625. The molecule has 0 spiro atoms. The summed E-state index contributed by atoms with van der Waals surface area (Å²) < 4.78 is 10.1. The lowest BCUT2D eigenvalue weighted by atomic mass is 10.2. The number of likely N-dealkylation sites (tertiary alicyclic amines) is 1. The number of urea groups is 1. The van der Waals surface area contributed by atoms with Gasteiger partial charge in [0.2, 0.25) is 5.91 Å². The normalized spacial score (nSPS) is 15.3. The molecule has 2 N–H and O–H groups in total. The van der Waals surface area contributed by atoms with Crippen molar-refractivity contribution in [1.29, 1.82) is 0 Å². The lowest BCUT2D eigenvalue weighted by Crippen LogP contribution is -2.46. The number of methoxy groups -OCH3 is 1. The Kier molecular flexibility index (Phi) is 5.83. The smallest absolute Gasteiger partial charge is 0.341 e. The van der Waals surface area contributed by atoms with Crippen LogP contribution < -0.4 is 10.6 Å². The van der Waals surface area contributed by atoms with E-state index in [0.717, 1.165) is 13.0 Å².